The van der Waals surface area contributed by atoms with Gasteiger partial charge in [-0.2, -0.15) is 0 Å². The summed E-state index contributed by atoms with van der Waals surface area (Å²) in [6.07, 6.45) is 4.80. The van der Waals surface area contributed by atoms with Crippen LogP contribution in [0.2, 0.25) is 0 Å². The van der Waals surface area contributed by atoms with Crippen molar-refractivity contribution >= 4 is 29.3 Å². The highest BCUT2D eigenvalue weighted by Gasteiger charge is 2.27. The van der Waals surface area contributed by atoms with E-state index in [4.69, 9.17) is 5.11 Å². The summed E-state index contributed by atoms with van der Waals surface area (Å²) in [5.74, 6) is -0.794. The number of amides is 1. The molecule has 2 atom stereocenters. The molecular weight excluding hydrogens is 350 g/mol. The van der Waals surface area contributed by atoms with Crippen LogP contribution in [-0.2, 0) is 9.59 Å². The first-order valence-electron chi connectivity index (χ1n) is 9.02. The Labute approximate surface area is 159 Å². The number of benzene rings is 1. The summed E-state index contributed by atoms with van der Waals surface area (Å²) in [6.45, 7) is 3.66. The molecule has 0 bridgehead atoms. The van der Waals surface area contributed by atoms with Crippen molar-refractivity contribution in [1.29, 1.82) is 0 Å². The van der Waals surface area contributed by atoms with Crippen LogP contribution in [0.15, 0.2) is 29.2 Å². The van der Waals surface area contributed by atoms with Crippen LogP contribution in [0.5, 0.6) is 0 Å². The molecule has 1 aromatic rings. The zero-order valence-electron chi connectivity index (χ0n) is 15.8. The van der Waals surface area contributed by atoms with E-state index in [1.165, 1.54) is 0 Å². The largest absolute Gasteiger partial charge is 0.480 e. The molecule has 144 valence electrons. The Hall–Kier alpha value is -1.57. The molecule has 26 heavy (non-hydrogen) atoms. The summed E-state index contributed by atoms with van der Waals surface area (Å²) in [5, 5.41) is 12.0. The first-order chi connectivity index (χ1) is 12.4. The van der Waals surface area contributed by atoms with Gasteiger partial charge in [0.15, 0.2) is 0 Å². The predicted molar refractivity (Wildman–Crippen MR) is 106 cm³/mol. The normalized spacial score (nSPS) is 19.8. The fourth-order valence-corrected chi connectivity index (χ4v) is 3.98. The Morgan fingerprint density at radius 1 is 1.35 bits per heavy atom. The molecule has 1 aliphatic rings. The molecule has 0 saturated carbocycles. The third-order valence-electron chi connectivity index (χ3n) is 5.03. The molecule has 1 aromatic carbocycles. The molecule has 0 aromatic heterocycles. The summed E-state index contributed by atoms with van der Waals surface area (Å²) < 4.78 is 0. The van der Waals surface area contributed by atoms with Gasteiger partial charge in [0.25, 0.3) is 0 Å². The molecule has 0 radical (unpaired) electrons. The molecule has 1 fully saturated rings. The highest BCUT2D eigenvalue weighted by molar-refractivity contribution is 7.98. The van der Waals surface area contributed by atoms with Gasteiger partial charge < -0.3 is 10.4 Å². The van der Waals surface area contributed by atoms with Crippen molar-refractivity contribution in [2.45, 2.75) is 43.2 Å². The lowest BCUT2D eigenvalue weighted by Gasteiger charge is -2.28. The average molecular weight is 380 g/mol. The standard InChI is InChI=1S/C19H29N3O3S/c1-14(19(25)20-16-8-4-5-9-17(16)26-3)22-11-6-7-15(10-12-22)21(2)13-18(23)24/h4-5,8-9,14-15H,6-7,10-13H2,1-3H3,(H,20,25)(H,23,24). The van der Waals surface area contributed by atoms with Crippen molar-refractivity contribution in [3.05, 3.63) is 24.3 Å². The van der Waals surface area contributed by atoms with Gasteiger partial charge in [0.05, 0.1) is 18.3 Å². The number of carbonyl (C=O) groups excluding carboxylic acids is 1. The van der Waals surface area contributed by atoms with Crippen LogP contribution >= 0.6 is 11.8 Å². The maximum absolute atomic E-state index is 12.7. The minimum Gasteiger partial charge on any atom is -0.480 e. The van der Waals surface area contributed by atoms with Gasteiger partial charge in [0, 0.05) is 17.5 Å². The number of likely N-dealkylation sites (tertiary alicyclic amines) is 1. The Kier molecular flexibility index (Phi) is 7.93. The number of carbonyl (C=O) groups is 2. The molecule has 0 spiro atoms. The van der Waals surface area contributed by atoms with Crippen LogP contribution in [0.1, 0.15) is 26.2 Å². The minimum atomic E-state index is -0.797. The van der Waals surface area contributed by atoms with Crippen molar-refractivity contribution in [2.24, 2.45) is 0 Å². The zero-order chi connectivity index (χ0) is 19.1. The summed E-state index contributed by atoms with van der Waals surface area (Å²) in [6, 6.07) is 7.86. The Morgan fingerprint density at radius 2 is 2.08 bits per heavy atom. The number of nitrogens with zero attached hydrogens (tertiary/aromatic N) is 2. The van der Waals surface area contributed by atoms with Crippen molar-refractivity contribution in [1.82, 2.24) is 9.80 Å². The van der Waals surface area contributed by atoms with Crippen LogP contribution < -0.4 is 5.32 Å². The molecular formula is C19H29N3O3S. The summed E-state index contributed by atoms with van der Waals surface area (Å²) in [5.41, 5.74) is 0.853. The smallest absolute Gasteiger partial charge is 0.317 e. The second-order valence-corrected chi connectivity index (χ2v) is 7.64. The number of nitrogens with one attached hydrogen (secondary N) is 1. The Bertz CT molecular complexity index is 626. The molecule has 0 aliphatic carbocycles. The molecule has 2 N–H and O–H groups in total. The van der Waals surface area contributed by atoms with E-state index in [0.29, 0.717) is 0 Å². The SMILES string of the molecule is CSc1ccccc1NC(=O)C(C)N1CCCC(N(C)CC(=O)O)CC1. The van der Waals surface area contributed by atoms with E-state index >= 15 is 0 Å². The summed E-state index contributed by atoms with van der Waals surface area (Å²) in [7, 11) is 1.87. The maximum Gasteiger partial charge on any atom is 0.317 e. The first-order valence-corrected chi connectivity index (χ1v) is 10.2. The van der Waals surface area contributed by atoms with Gasteiger partial charge >= 0.3 is 5.97 Å². The molecule has 1 heterocycles. The fourth-order valence-electron chi connectivity index (χ4n) is 3.42. The van der Waals surface area contributed by atoms with Gasteiger partial charge in [0.2, 0.25) is 5.91 Å². The highest BCUT2D eigenvalue weighted by Crippen LogP contribution is 2.25. The van der Waals surface area contributed by atoms with Crippen molar-refractivity contribution in [3.8, 4) is 0 Å². The summed E-state index contributed by atoms with van der Waals surface area (Å²) in [4.78, 5) is 28.8. The number of carboxylic acid groups (broad SMARTS) is 1. The number of anilines is 1. The molecule has 2 unspecified atom stereocenters. The van der Waals surface area contributed by atoms with E-state index in [2.05, 4.69) is 10.2 Å². The second kappa shape index (κ2) is 9.94. The van der Waals surface area contributed by atoms with E-state index in [1.54, 1.807) is 11.8 Å². The van der Waals surface area contributed by atoms with Crippen molar-refractivity contribution in [3.63, 3.8) is 0 Å². The van der Waals surface area contributed by atoms with Gasteiger partial charge in [0.1, 0.15) is 0 Å². The van der Waals surface area contributed by atoms with E-state index in [1.807, 2.05) is 49.4 Å². The third-order valence-corrected chi connectivity index (χ3v) is 5.83. The van der Waals surface area contributed by atoms with Crippen LogP contribution in [0.25, 0.3) is 0 Å². The molecule has 2 rings (SSSR count). The first kappa shape index (κ1) is 20.7. The fraction of sp³-hybridized carbons (Fsp3) is 0.579. The number of para-hydroxylation sites is 1. The molecule has 1 amide bonds. The van der Waals surface area contributed by atoms with Gasteiger partial charge in [-0.3, -0.25) is 19.4 Å². The monoisotopic (exact) mass is 379 g/mol. The molecule has 7 heteroatoms. The lowest BCUT2D eigenvalue weighted by Crippen LogP contribution is -2.43. The quantitative estimate of drug-likeness (QED) is 0.710. The zero-order valence-corrected chi connectivity index (χ0v) is 16.6. The number of hydrogen-bond donors (Lipinski definition) is 2. The van der Waals surface area contributed by atoms with Gasteiger partial charge in [-0.1, -0.05) is 12.1 Å². The van der Waals surface area contributed by atoms with Crippen LogP contribution in [0.3, 0.4) is 0 Å². The number of likely N-dealkylation sites (N-methyl/N-ethyl adjacent to an activating group) is 1. The van der Waals surface area contributed by atoms with E-state index in [0.717, 1.165) is 42.9 Å². The lowest BCUT2D eigenvalue weighted by molar-refractivity contribution is -0.138. The van der Waals surface area contributed by atoms with Crippen molar-refractivity contribution < 1.29 is 14.7 Å². The van der Waals surface area contributed by atoms with Gasteiger partial charge in [-0.25, -0.2) is 0 Å². The number of thioether (sulfide) groups is 1. The van der Waals surface area contributed by atoms with Gasteiger partial charge in [-0.15, -0.1) is 11.8 Å². The predicted octanol–water partition coefficient (Wildman–Crippen LogP) is 2.61. The van der Waals surface area contributed by atoms with Crippen LogP contribution in [0, 0.1) is 0 Å². The van der Waals surface area contributed by atoms with E-state index < -0.39 is 5.97 Å². The van der Waals surface area contributed by atoms with E-state index in [9.17, 15) is 9.59 Å². The number of aliphatic carboxylic acids is 1. The van der Waals surface area contributed by atoms with E-state index in [-0.39, 0.29) is 24.5 Å². The maximum atomic E-state index is 12.7. The number of carboxylic acids is 1. The average Bonchev–Trinajstić information content (AvgIpc) is 2.87. The molecule has 1 saturated heterocycles. The van der Waals surface area contributed by atoms with Gasteiger partial charge in [-0.05, 0) is 58.2 Å². The second-order valence-electron chi connectivity index (χ2n) is 6.80. The molecule has 6 nitrogen and oxygen atoms in total. The Balaban J connectivity index is 1.93. The Morgan fingerprint density at radius 3 is 2.77 bits per heavy atom. The molecule has 1 aliphatic heterocycles. The third kappa shape index (κ3) is 5.72. The summed E-state index contributed by atoms with van der Waals surface area (Å²) >= 11 is 1.61. The topological polar surface area (TPSA) is 72.9 Å². The highest BCUT2D eigenvalue weighted by atomic mass is 32.2. The van der Waals surface area contributed by atoms with Crippen LogP contribution in [0.4, 0.5) is 5.69 Å². The minimum absolute atomic E-state index is 0.00356. The van der Waals surface area contributed by atoms with Crippen molar-refractivity contribution in [2.75, 3.05) is 38.3 Å². The lowest BCUT2D eigenvalue weighted by atomic mass is 10.1. The van der Waals surface area contributed by atoms with Crippen LogP contribution in [-0.4, -0.2) is 71.8 Å². The number of rotatable bonds is 7. The number of hydrogen-bond acceptors (Lipinski definition) is 5.